The molecule has 5 heteroatoms. The second-order valence-corrected chi connectivity index (χ2v) is 5.16. The summed E-state index contributed by atoms with van der Waals surface area (Å²) in [6, 6.07) is 13.2. The summed E-state index contributed by atoms with van der Waals surface area (Å²) in [6.07, 6.45) is 3.09. The van der Waals surface area contributed by atoms with Crippen molar-refractivity contribution in [2.24, 2.45) is 0 Å². The van der Waals surface area contributed by atoms with E-state index in [4.69, 9.17) is 0 Å². The summed E-state index contributed by atoms with van der Waals surface area (Å²) in [5.41, 5.74) is 4.51. The fraction of sp³-hybridized carbons (Fsp3) is 0.118. The van der Waals surface area contributed by atoms with Crippen LogP contribution >= 0.6 is 0 Å². The fourth-order valence-corrected chi connectivity index (χ4v) is 2.26. The largest absolute Gasteiger partial charge is 0.322 e. The monoisotopic (exact) mass is 292 g/mol. The van der Waals surface area contributed by atoms with Crippen molar-refractivity contribution in [2.75, 3.05) is 5.32 Å². The van der Waals surface area contributed by atoms with Gasteiger partial charge in [0.25, 0.3) is 5.91 Å². The Balaban J connectivity index is 1.77. The van der Waals surface area contributed by atoms with Gasteiger partial charge in [-0.1, -0.05) is 17.7 Å². The third kappa shape index (κ3) is 2.88. The van der Waals surface area contributed by atoms with Crippen molar-refractivity contribution in [3.8, 4) is 5.69 Å². The Morgan fingerprint density at radius 2 is 1.86 bits per heavy atom. The van der Waals surface area contributed by atoms with Gasteiger partial charge < -0.3 is 5.32 Å². The maximum Gasteiger partial charge on any atom is 0.255 e. The molecule has 1 N–H and O–H groups in total. The highest BCUT2D eigenvalue weighted by molar-refractivity contribution is 6.04. The van der Waals surface area contributed by atoms with Gasteiger partial charge in [0.15, 0.2) is 0 Å². The van der Waals surface area contributed by atoms with E-state index in [9.17, 15) is 4.79 Å². The van der Waals surface area contributed by atoms with E-state index in [1.54, 1.807) is 23.1 Å². The van der Waals surface area contributed by atoms with Crippen LogP contribution in [0.2, 0.25) is 0 Å². The molecule has 1 heterocycles. The number of benzene rings is 2. The van der Waals surface area contributed by atoms with Crippen LogP contribution < -0.4 is 5.32 Å². The number of aromatic nitrogens is 3. The Bertz CT molecular complexity index is 792. The van der Waals surface area contributed by atoms with Crippen LogP contribution in [0.4, 0.5) is 5.69 Å². The number of anilines is 1. The molecule has 0 spiro atoms. The van der Waals surface area contributed by atoms with E-state index < -0.39 is 0 Å². The van der Waals surface area contributed by atoms with Crippen LogP contribution in [0, 0.1) is 13.8 Å². The Hall–Kier alpha value is -2.95. The lowest BCUT2D eigenvalue weighted by atomic mass is 10.1. The van der Waals surface area contributed by atoms with Gasteiger partial charge in [0.05, 0.1) is 5.69 Å². The third-order valence-corrected chi connectivity index (χ3v) is 3.44. The maximum atomic E-state index is 12.3. The number of carbonyl (C=O) groups excluding carboxylic acids is 1. The lowest BCUT2D eigenvalue weighted by molar-refractivity contribution is 0.102. The van der Waals surface area contributed by atoms with Gasteiger partial charge in [0, 0.05) is 11.3 Å². The molecule has 1 aromatic heterocycles. The summed E-state index contributed by atoms with van der Waals surface area (Å²) < 4.78 is 1.64. The van der Waals surface area contributed by atoms with Crippen molar-refractivity contribution in [3.05, 3.63) is 71.8 Å². The zero-order chi connectivity index (χ0) is 15.5. The van der Waals surface area contributed by atoms with Crippen molar-refractivity contribution in [2.45, 2.75) is 13.8 Å². The van der Waals surface area contributed by atoms with Gasteiger partial charge >= 0.3 is 0 Å². The smallest absolute Gasteiger partial charge is 0.255 e. The van der Waals surface area contributed by atoms with Crippen LogP contribution in [0.15, 0.2) is 55.1 Å². The molecule has 0 saturated carbocycles. The fourth-order valence-electron chi connectivity index (χ4n) is 2.26. The van der Waals surface area contributed by atoms with Crippen LogP contribution in [0.3, 0.4) is 0 Å². The molecule has 0 saturated heterocycles. The predicted molar refractivity (Wildman–Crippen MR) is 85.2 cm³/mol. The summed E-state index contributed by atoms with van der Waals surface area (Å²) in [7, 11) is 0. The number of rotatable bonds is 3. The van der Waals surface area contributed by atoms with E-state index in [-0.39, 0.29) is 5.91 Å². The Labute approximate surface area is 128 Å². The molecule has 0 radical (unpaired) electrons. The predicted octanol–water partition coefficient (Wildman–Crippen LogP) is 3.14. The van der Waals surface area contributed by atoms with Crippen molar-refractivity contribution in [3.63, 3.8) is 0 Å². The molecule has 1 amide bonds. The van der Waals surface area contributed by atoms with Gasteiger partial charge in [0.2, 0.25) is 0 Å². The van der Waals surface area contributed by atoms with Crippen molar-refractivity contribution in [1.82, 2.24) is 14.8 Å². The molecule has 0 aliphatic rings. The highest BCUT2D eigenvalue weighted by atomic mass is 16.1. The van der Waals surface area contributed by atoms with E-state index in [1.165, 1.54) is 11.9 Å². The number of carbonyl (C=O) groups is 1. The first-order valence-electron chi connectivity index (χ1n) is 6.97. The summed E-state index contributed by atoms with van der Waals surface area (Å²) in [6.45, 7) is 4.01. The Morgan fingerprint density at radius 1 is 1.09 bits per heavy atom. The molecule has 0 unspecified atom stereocenters. The molecule has 0 aliphatic carbocycles. The van der Waals surface area contributed by atoms with E-state index in [2.05, 4.69) is 15.4 Å². The normalized spacial score (nSPS) is 10.5. The molecular weight excluding hydrogens is 276 g/mol. The van der Waals surface area contributed by atoms with E-state index in [0.29, 0.717) is 5.56 Å². The summed E-state index contributed by atoms with van der Waals surface area (Å²) >= 11 is 0. The molecule has 3 rings (SSSR count). The molecule has 3 aromatic rings. The molecule has 0 atom stereocenters. The summed E-state index contributed by atoms with van der Waals surface area (Å²) in [5.74, 6) is -0.128. The first-order chi connectivity index (χ1) is 10.6. The van der Waals surface area contributed by atoms with Crippen LogP contribution in [0.1, 0.15) is 21.5 Å². The van der Waals surface area contributed by atoms with Gasteiger partial charge in [-0.15, -0.1) is 0 Å². The van der Waals surface area contributed by atoms with Gasteiger partial charge in [0.1, 0.15) is 12.7 Å². The first kappa shape index (κ1) is 14.0. The first-order valence-corrected chi connectivity index (χ1v) is 6.97. The second kappa shape index (κ2) is 5.81. The second-order valence-electron chi connectivity index (χ2n) is 5.16. The number of nitrogens with zero attached hydrogens (tertiary/aromatic N) is 3. The zero-order valence-electron chi connectivity index (χ0n) is 12.4. The van der Waals surface area contributed by atoms with Crippen molar-refractivity contribution < 1.29 is 4.79 Å². The SMILES string of the molecule is Cc1ccc(NC(=O)c2ccc(-n3cncn3)cc2)c(C)c1. The minimum Gasteiger partial charge on any atom is -0.322 e. The number of hydrogen-bond acceptors (Lipinski definition) is 3. The maximum absolute atomic E-state index is 12.3. The number of amides is 1. The van der Waals surface area contributed by atoms with Crippen LogP contribution in [0.5, 0.6) is 0 Å². The van der Waals surface area contributed by atoms with E-state index >= 15 is 0 Å². The average molecular weight is 292 g/mol. The van der Waals surface area contributed by atoms with Gasteiger partial charge in [-0.25, -0.2) is 9.67 Å². The average Bonchev–Trinajstić information content (AvgIpc) is 3.04. The van der Waals surface area contributed by atoms with E-state index in [0.717, 1.165) is 16.9 Å². The van der Waals surface area contributed by atoms with Gasteiger partial charge in [-0.2, -0.15) is 5.10 Å². The minimum absolute atomic E-state index is 0.128. The molecule has 0 bridgehead atoms. The topological polar surface area (TPSA) is 59.8 Å². The zero-order valence-corrected chi connectivity index (χ0v) is 12.4. The lowest BCUT2D eigenvalue weighted by Gasteiger charge is -2.09. The van der Waals surface area contributed by atoms with Crippen LogP contribution in [-0.2, 0) is 0 Å². The molecule has 2 aromatic carbocycles. The quantitative estimate of drug-likeness (QED) is 0.806. The minimum atomic E-state index is -0.128. The summed E-state index contributed by atoms with van der Waals surface area (Å²) in [4.78, 5) is 16.2. The highest BCUT2D eigenvalue weighted by Gasteiger charge is 2.08. The molecule has 22 heavy (non-hydrogen) atoms. The molecular formula is C17H16N4O. The van der Waals surface area contributed by atoms with Crippen LogP contribution in [0.25, 0.3) is 5.69 Å². The van der Waals surface area contributed by atoms with Crippen molar-refractivity contribution in [1.29, 1.82) is 0 Å². The number of aryl methyl sites for hydroxylation is 2. The standard InChI is InChI=1S/C17H16N4O/c1-12-3-8-16(13(2)9-12)20-17(22)14-4-6-15(7-5-14)21-11-18-10-19-21/h3-11H,1-2H3,(H,20,22). The van der Waals surface area contributed by atoms with Gasteiger partial charge in [-0.3, -0.25) is 4.79 Å². The molecule has 110 valence electrons. The lowest BCUT2D eigenvalue weighted by Crippen LogP contribution is -2.12. The third-order valence-electron chi connectivity index (χ3n) is 3.44. The Morgan fingerprint density at radius 3 is 2.50 bits per heavy atom. The Kier molecular flexibility index (Phi) is 3.70. The van der Waals surface area contributed by atoms with E-state index in [1.807, 2.05) is 44.2 Å². The van der Waals surface area contributed by atoms with Crippen molar-refractivity contribution >= 4 is 11.6 Å². The molecule has 0 aliphatic heterocycles. The van der Waals surface area contributed by atoms with Gasteiger partial charge in [-0.05, 0) is 49.7 Å². The number of hydrogen-bond donors (Lipinski definition) is 1. The summed E-state index contributed by atoms with van der Waals surface area (Å²) in [5, 5.41) is 6.99. The van der Waals surface area contributed by atoms with Crippen LogP contribution in [-0.4, -0.2) is 20.7 Å². The molecule has 0 fully saturated rings. The molecule has 5 nitrogen and oxygen atoms in total. The highest BCUT2D eigenvalue weighted by Crippen LogP contribution is 2.17. The number of nitrogens with one attached hydrogen (secondary N) is 1.